The highest BCUT2D eigenvalue weighted by Gasteiger charge is 2.16. The van der Waals surface area contributed by atoms with Gasteiger partial charge in [0.15, 0.2) is 5.82 Å². The minimum atomic E-state index is 0.0902. The molecule has 1 aliphatic heterocycles. The van der Waals surface area contributed by atoms with Crippen molar-refractivity contribution >= 4 is 17.5 Å². The number of benzene rings is 1. The fraction of sp³-hybridized carbons (Fsp3) is 0.400. The van der Waals surface area contributed by atoms with Crippen LogP contribution < -0.4 is 5.32 Å². The predicted molar refractivity (Wildman–Crippen MR) is 81.5 cm³/mol. The summed E-state index contributed by atoms with van der Waals surface area (Å²) in [6.45, 7) is 2.70. The number of amides is 1. The quantitative estimate of drug-likeness (QED) is 0.927. The molecule has 22 heavy (non-hydrogen) atoms. The molecule has 1 fully saturated rings. The Bertz CT molecular complexity index is 658. The topological polar surface area (TPSA) is 71.3 Å². The third-order valence-electron chi connectivity index (χ3n) is 3.58. The minimum Gasteiger partial charge on any atom is -0.355 e. The summed E-state index contributed by atoms with van der Waals surface area (Å²) in [5, 5.41) is 7.54. The molecule has 0 aliphatic carbocycles. The van der Waals surface area contributed by atoms with Gasteiger partial charge in [0.05, 0.1) is 6.54 Å². The molecule has 2 aromatic rings. The van der Waals surface area contributed by atoms with Crippen LogP contribution in [0.3, 0.4) is 0 Å². The Balaban J connectivity index is 1.61. The van der Waals surface area contributed by atoms with Crippen molar-refractivity contribution in [1.82, 2.24) is 20.4 Å². The Morgan fingerprint density at radius 2 is 2.18 bits per heavy atom. The number of carbonyl (C=O) groups is 1. The van der Waals surface area contributed by atoms with Crippen molar-refractivity contribution in [2.75, 3.05) is 19.6 Å². The summed E-state index contributed by atoms with van der Waals surface area (Å²) < 4.78 is 5.30. The van der Waals surface area contributed by atoms with E-state index in [1.165, 1.54) is 0 Å². The number of aromatic nitrogens is 2. The van der Waals surface area contributed by atoms with Crippen LogP contribution in [0.25, 0.3) is 0 Å². The van der Waals surface area contributed by atoms with E-state index in [9.17, 15) is 4.79 Å². The summed E-state index contributed by atoms with van der Waals surface area (Å²) in [6, 6.07) is 7.62. The zero-order valence-corrected chi connectivity index (χ0v) is 12.8. The van der Waals surface area contributed by atoms with Crippen LogP contribution in [0.1, 0.15) is 23.7 Å². The molecule has 0 bridgehead atoms. The molecule has 1 aromatic carbocycles. The van der Waals surface area contributed by atoms with Crippen LogP contribution in [-0.2, 0) is 17.8 Å². The molecule has 6 nitrogen and oxygen atoms in total. The van der Waals surface area contributed by atoms with Crippen LogP contribution in [0, 0.1) is 0 Å². The van der Waals surface area contributed by atoms with Crippen molar-refractivity contribution in [3.05, 3.63) is 46.6 Å². The molecule has 3 rings (SSSR count). The van der Waals surface area contributed by atoms with Gasteiger partial charge >= 0.3 is 0 Å². The van der Waals surface area contributed by atoms with Crippen molar-refractivity contribution in [1.29, 1.82) is 0 Å². The molecular weight excluding hydrogens is 304 g/mol. The maximum atomic E-state index is 11.3. The van der Waals surface area contributed by atoms with Gasteiger partial charge in [0.25, 0.3) is 0 Å². The van der Waals surface area contributed by atoms with Crippen LogP contribution >= 0.6 is 11.6 Å². The van der Waals surface area contributed by atoms with Crippen molar-refractivity contribution in [2.24, 2.45) is 0 Å². The van der Waals surface area contributed by atoms with Crippen molar-refractivity contribution < 1.29 is 9.32 Å². The first kappa shape index (κ1) is 15.0. The zero-order chi connectivity index (χ0) is 15.4. The fourth-order valence-corrected chi connectivity index (χ4v) is 2.60. The van der Waals surface area contributed by atoms with Crippen LogP contribution in [0.15, 0.2) is 28.8 Å². The van der Waals surface area contributed by atoms with E-state index in [2.05, 4.69) is 20.4 Å². The lowest BCUT2D eigenvalue weighted by Crippen LogP contribution is -2.28. The van der Waals surface area contributed by atoms with E-state index in [1.54, 1.807) is 0 Å². The third kappa shape index (κ3) is 3.84. The smallest absolute Gasteiger partial charge is 0.240 e. The van der Waals surface area contributed by atoms with E-state index in [1.807, 2.05) is 24.3 Å². The molecule has 116 valence electrons. The van der Waals surface area contributed by atoms with Gasteiger partial charge in [-0.05, 0) is 11.6 Å². The maximum absolute atomic E-state index is 11.3. The van der Waals surface area contributed by atoms with Crippen LogP contribution in [-0.4, -0.2) is 40.6 Å². The van der Waals surface area contributed by atoms with Crippen molar-refractivity contribution in [2.45, 2.75) is 19.4 Å². The van der Waals surface area contributed by atoms with Gasteiger partial charge in [-0.1, -0.05) is 35.0 Å². The second kappa shape index (κ2) is 6.89. The minimum absolute atomic E-state index is 0.0902. The average molecular weight is 321 g/mol. The average Bonchev–Trinajstić information content (AvgIpc) is 2.83. The first-order valence-electron chi connectivity index (χ1n) is 7.24. The number of carbonyl (C=O) groups excluding carboxylic acids is 1. The second-order valence-corrected chi connectivity index (χ2v) is 5.66. The molecule has 0 atom stereocenters. The first-order chi connectivity index (χ1) is 10.7. The number of rotatable bonds is 4. The number of hydrogen-bond donors (Lipinski definition) is 1. The Labute approximate surface area is 133 Å². The largest absolute Gasteiger partial charge is 0.355 e. The van der Waals surface area contributed by atoms with Crippen molar-refractivity contribution in [3.63, 3.8) is 0 Å². The summed E-state index contributed by atoms with van der Waals surface area (Å²) in [5.41, 5.74) is 0.973. The lowest BCUT2D eigenvalue weighted by molar-refractivity contribution is -0.120. The van der Waals surface area contributed by atoms with Gasteiger partial charge in [-0.15, -0.1) is 0 Å². The molecule has 1 aliphatic rings. The van der Waals surface area contributed by atoms with E-state index >= 15 is 0 Å². The molecule has 7 heteroatoms. The second-order valence-electron chi connectivity index (χ2n) is 5.25. The fourth-order valence-electron chi connectivity index (χ4n) is 2.40. The summed E-state index contributed by atoms with van der Waals surface area (Å²) in [5.74, 6) is 1.27. The summed E-state index contributed by atoms with van der Waals surface area (Å²) in [6.07, 6.45) is 1.05. The highest BCUT2D eigenvalue weighted by molar-refractivity contribution is 6.31. The number of halogens is 1. The molecule has 0 spiro atoms. The van der Waals surface area contributed by atoms with E-state index in [0.29, 0.717) is 49.2 Å². The van der Waals surface area contributed by atoms with Crippen LogP contribution in [0.2, 0.25) is 5.02 Å². The van der Waals surface area contributed by atoms with Gasteiger partial charge in [-0.2, -0.15) is 4.98 Å². The summed E-state index contributed by atoms with van der Waals surface area (Å²) >= 11 is 6.14. The number of nitrogens with one attached hydrogen (secondary N) is 1. The molecular formula is C15H17ClN4O2. The van der Waals surface area contributed by atoms with Gasteiger partial charge in [0.2, 0.25) is 11.8 Å². The van der Waals surface area contributed by atoms with E-state index in [0.717, 1.165) is 12.1 Å². The molecule has 1 N–H and O–H groups in total. The van der Waals surface area contributed by atoms with Gasteiger partial charge < -0.3 is 9.84 Å². The summed E-state index contributed by atoms with van der Waals surface area (Å²) in [4.78, 5) is 17.9. The lowest BCUT2D eigenvalue weighted by Gasteiger charge is -2.15. The number of hydrogen-bond acceptors (Lipinski definition) is 5. The predicted octanol–water partition coefficient (Wildman–Crippen LogP) is 1.64. The van der Waals surface area contributed by atoms with Crippen LogP contribution in [0.4, 0.5) is 0 Å². The highest BCUT2D eigenvalue weighted by atomic mass is 35.5. The molecule has 1 saturated heterocycles. The third-order valence-corrected chi connectivity index (χ3v) is 3.95. The summed E-state index contributed by atoms with van der Waals surface area (Å²) in [7, 11) is 0. The standard InChI is InChI=1S/C15H17ClN4O2/c16-12-4-2-1-3-11(12)9-13-18-15(22-19-13)10-20-7-5-14(21)17-6-8-20/h1-4H,5-10H2,(H,17,21). The molecule has 1 aromatic heterocycles. The Morgan fingerprint density at radius 3 is 3.05 bits per heavy atom. The van der Waals surface area contributed by atoms with E-state index in [4.69, 9.17) is 16.1 Å². The Kier molecular flexibility index (Phi) is 4.70. The van der Waals surface area contributed by atoms with Gasteiger partial charge in [-0.25, -0.2) is 0 Å². The molecule has 0 saturated carbocycles. The Hall–Kier alpha value is -1.92. The number of nitrogens with zero attached hydrogens (tertiary/aromatic N) is 3. The SMILES string of the molecule is O=C1CCN(Cc2nc(Cc3ccccc3Cl)no2)CCN1. The van der Waals surface area contributed by atoms with Crippen LogP contribution in [0.5, 0.6) is 0 Å². The Morgan fingerprint density at radius 1 is 1.32 bits per heavy atom. The molecule has 1 amide bonds. The van der Waals surface area contributed by atoms with Gasteiger partial charge in [-0.3, -0.25) is 9.69 Å². The van der Waals surface area contributed by atoms with Crippen molar-refractivity contribution in [3.8, 4) is 0 Å². The molecule has 0 radical (unpaired) electrons. The van der Waals surface area contributed by atoms with Gasteiger partial charge in [0.1, 0.15) is 0 Å². The maximum Gasteiger partial charge on any atom is 0.240 e. The monoisotopic (exact) mass is 320 g/mol. The zero-order valence-electron chi connectivity index (χ0n) is 12.1. The van der Waals surface area contributed by atoms with Gasteiger partial charge in [0, 0.05) is 37.5 Å². The first-order valence-corrected chi connectivity index (χ1v) is 7.62. The molecule has 0 unspecified atom stereocenters. The molecule has 2 heterocycles. The normalized spacial score (nSPS) is 16.3. The lowest BCUT2D eigenvalue weighted by atomic mass is 10.1. The highest BCUT2D eigenvalue weighted by Crippen LogP contribution is 2.17. The van der Waals surface area contributed by atoms with E-state index in [-0.39, 0.29) is 5.91 Å². The van der Waals surface area contributed by atoms with E-state index < -0.39 is 0 Å².